The molecule has 1 atom stereocenters. The first-order valence-corrected chi connectivity index (χ1v) is 8.17. The Labute approximate surface area is 139 Å². The molecule has 3 heterocycles. The van der Waals surface area contributed by atoms with Gasteiger partial charge in [0.2, 0.25) is 5.91 Å². The standard InChI is InChI=1S/C17H20N6O/c1-12-9-21(2)17(18-12)13-7-8-22(10-13)16(24)11-23-15-6-4-3-5-14(15)19-20-23/h3-6,9,13H,7-8,10-11H2,1-2H3/t13-/m1/s1. The first kappa shape index (κ1) is 14.9. The van der Waals surface area contributed by atoms with E-state index >= 15 is 0 Å². The fourth-order valence-corrected chi connectivity index (χ4v) is 3.47. The molecule has 124 valence electrons. The second-order valence-electron chi connectivity index (χ2n) is 6.41. The Hall–Kier alpha value is -2.70. The maximum atomic E-state index is 12.6. The zero-order valence-corrected chi connectivity index (χ0v) is 13.9. The normalized spacial score (nSPS) is 17.8. The molecule has 1 amide bonds. The molecule has 7 heteroatoms. The second kappa shape index (κ2) is 5.74. The van der Waals surface area contributed by atoms with E-state index in [0.717, 1.165) is 42.1 Å². The summed E-state index contributed by atoms with van der Waals surface area (Å²) in [5.41, 5.74) is 2.72. The zero-order chi connectivity index (χ0) is 16.7. The minimum Gasteiger partial charge on any atom is -0.340 e. The smallest absolute Gasteiger partial charge is 0.244 e. The summed E-state index contributed by atoms with van der Waals surface area (Å²) in [5, 5.41) is 8.21. The summed E-state index contributed by atoms with van der Waals surface area (Å²) >= 11 is 0. The monoisotopic (exact) mass is 324 g/mol. The summed E-state index contributed by atoms with van der Waals surface area (Å²) in [7, 11) is 2.02. The number of fused-ring (bicyclic) bond motifs is 1. The van der Waals surface area contributed by atoms with E-state index in [1.54, 1.807) is 4.68 Å². The van der Waals surface area contributed by atoms with Gasteiger partial charge in [-0.1, -0.05) is 17.3 Å². The molecule has 2 aromatic heterocycles. The van der Waals surface area contributed by atoms with Gasteiger partial charge in [0.05, 0.1) is 11.2 Å². The fourth-order valence-electron chi connectivity index (χ4n) is 3.47. The number of imidazole rings is 1. The van der Waals surface area contributed by atoms with Crippen LogP contribution in [-0.2, 0) is 18.4 Å². The molecule has 0 radical (unpaired) electrons. The van der Waals surface area contributed by atoms with Crippen LogP contribution in [0.15, 0.2) is 30.5 Å². The molecule has 7 nitrogen and oxygen atoms in total. The SMILES string of the molecule is Cc1cn(C)c([C@@H]2CCN(C(=O)Cn3nnc4ccccc43)C2)n1. The van der Waals surface area contributed by atoms with Gasteiger partial charge in [0.1, 0.15) is 17.9 Å². The Bertz CT molecular complexity index is 896. The van der Waals surface area contributed by atoms with Crippen molar-refractivity contribution in [2.45, 2.75) is 25.8 Å². The average molecular weight is 324 g/mol. The second-order valence-corrected chi connectivity index (χ2v) is 6.41. The van der Waals surface area contributed by atoms with Crippen molar-refractivity contribution in [3.63, 3.8) is 0 Å². The van der Waals surface area contributed by atoms with Gasteiger partial charge >= 0.3 is 0 Å². The third-order valence-corrected chi connectivity index (χ3v) is 4.64. The van der Waals surface area contributed by atoms with Crippen molar-refractivity contribution in [2.75, 3.05) is 13.1 Å². The van der Waals surface area contributed by atoms with E-state index in [0.29, 0.717) is 5.92 Å². The predicted molar refractivity (Wildman–Crippen MR) is 89.4 cm³/mol. The molecule has 1 saturated heterocycles. The van der Waals surface area contributed by atoms with E-state index in [1.165, 1.54) is 0 Å². The number of aromatic nitrogens is 5. The highest BCUT2D eigenvalue weighted by Crippen LogP contribution is 2.26. The van der Waals surface area contributed by atoms with Gasteiger partial charge in [0, 0.05) is 32.3 Å². The summed E-state index contributed by atoms with van der Waals surface area (Å²) < 4.78 is 3.74. The molecule has 4 rings (SSSR count). The lowest BCUT2D eigenvalue weighted by atomic mass is 10.1. The minimum absolute atomic E-state index is 0.0825. The van der Waals surface area contributed by atoms with E-state index in [2.05, 4.69) is 19.9 Å². The van der Waals surface area contributed by atoms with E-state index in [1.807, 2.05) is 49.3 Å². The molecule has 1 aromatic carbocycles. The quantitative estimate of drug-likeness (QED) is 0.732. The molecular weight excluding hydrogens is 304 g/mol. The van der Waals surface area contributed by atoms with Gasteiger partial charge in [-0.3, -0.25) is 4.79 Å². The highest BCUT2D eigenvalue weighted by molar-refractivity contribution is 5.80. The molecule has 1 aliphatic rings. The summed E-state index contributed by atoms with van der Waals surface area (Å²) in [4.78, 5) is 19.1. The van der Waals surface area contributed by atoms with Crippen LogP contribution in [-0.4, -0.2) is 48.4 Å². The van der Waals surface area contributed by atoms with Crippen molar-refractivity contribution >= 4 is 16.9 Å². The number of para-hydroxylation sites is 1. The van der Waals surface area contributed by atoms with Crippen LogP contribution < -0.4 is 0 Å². The fraction of sp³-hybridized carbons (Fsp3) is 0.412. The molecule has 24 heavy (non-hydrogen) atoms. The van der Waals surface area contributed by atoms with Crippen LogP contribution in [0.25, 0.3) is 11.0 Å². The van der Waals surface area contributed by atoms with Crippen molar-refractivity contribution in [3.8, 4) is 0 Å². The van der Waals surface area contributed by atoms with Gasteiger partial charge in [-0.05, 0) is 25.5 Å². The number of carbonyl (C=O) groups is 1. The summed E-state index contributed by atoms with van der Waals surface area (Å²) in [6.07, 6.45) is 2.98. The minimum atomic E-state index is 0.0825. The molecule has 3 aromatic rings. The molecule has 0 spiro atoms. The number of benzene rings is 1. The number of nitrogens with zero attached hydrogens (tertiary/aromatic N) is 6. The summed E-state index contributed by atoms with van der Waals surface area (Å²) in [5.74, 6) is 1.45. The number of carbonyl (C=O) groups excluding carboxylic acids is 1. The van der Waals surface area contributed by atoms with Crippen molar-refractivity contribution in [2.24, 2.45) is 7.05 Å². The highest BCUT2D eigenvalue weighted by atomic mass is 16.2. The number of amides is 1. The first-order chi connectivity index (χ1) is 11.6. The maximum absolute atomic E-state index is 12.6. The molecule has 0 N–H and O–H groups in total. The average Bonchev–Trinajstić information content (AvgIpc) is 3.26. The number of rotatable bonds is 3. The van der Waals surface area contributed by atoms with Gasteiger partial charge in [0.25, 0.3) is 0 Å². The molecule has 1 fully saturated rings. The highest BCUT2D eigenvalue weighted by Gasteiger charge is 2.30. The number of aryl methyl sites for hydroxylation is 2. The molecule has 0 aliphatic carbocycles. The van der Waals surface area contributed by atoms with E-state index in [9.17, 15) is 4.79 Å². The van der Waals surface area contributed by atoms with E-state index in [4.69, 9.17) is 0 Å². The number of hydrogen-bond donors (Lipinski definition) is 0. The topological polar surface area (TPSA) is 68.8 Å². The Morgan fingerprint density at radius 2 is 2.17 bits per heavy atom. The summed E-state index contributed by atoms with van der Waals surface area (Å²) in [6.45, 7) is 3.71. The van der Waals surface area contributed by atoms with Gasteiger partial charge in [-0.2, -0.15) is 0 Å². The Kier molecular flexibility index (Phi) is 3.55. The van der Waals surface area contributed by atoms with Gasteiger partial charge < -0.3 is 9.47 Å². The van der Waals surface area contributed by atoms with Gasteiger partial charge in [-0.25, -0.2) is 9.67 Å². The third-order valence-electron chi connectivity index (χ3n) is 4.64. The lowest BCUT2D eigenvalue weighted by Gasteiger charge is -2.16. The van der Waals surface area contributed by atoms with E-state index in [-0.39, 0.29) is 12.5 Å². The van der Waals surface area contributed by atoms with Crippen LogP contribution in [0.2, 0.25) is 0 Å². The maximum Gasteiger partial charge on any atom is 0.244 e. The number of likely N-dealkylation sites (tertiary alicyclic amines) is 1. The van der Waals surface area contributed by atoms with Gasteiger partial charge in [0.15, 0.2) is 0 Å². The van der Waals surface area contributed by atoms with Crippen molar-refractivity contribution in [1.82, 2.24) is 29.4 Å². The van der Waals surface area contributed by atoms with Crippen LogP contribution >= 0.6 is 0 Å². The van der Waals surface area contributed by atoms with Gasteiger partial charge in [-0.15, -0.1) is 5.10 Å². The lowest BCUT2D eigenvalue weighted by molar-refractivity contribution is -0.130. The third kappa shape index (κ3) is 2.55. The molecule has 0 bridgehead atoms. The Balaban J connectivity index is 1.47. The lowest BCUT2D eigenvalue weighted by Crippen LogP contribution is -2.32. The molecular formula is C17H20N6O. The molecule has 1 aliphatic heterocycles. The van der Waals surface area contributed by atoms with Crippen LogP contribution in [0, 0.1) is 6.92 Å². The Morgan fingerprint density at radius 3 is 2.96 bits per heavy atom. The van der Waals surface area contributed by atoms with Crippen LogP contribution in [0.4, 0.5) is 0 Å². The first-order valence-electron chi connectivity index (χ1n) is 8.17. The summed E-state index contributed by atoms with van der Waals surface area (Å²) in [6, 6.07) is 7.69. The van der Waals surface area contributed by atoms with Crippen LogP contribution in [0.3, 0.4) is 0 Å². The van der Waals surface area contributed by atoms with Crippen molar-refractivity contribution in [3.05, 3.63) is 42.0 Å². The van der Waals surface area contributed by atoms with Crippen molar-refractivity contribution < 1.29 is 4.79 Å². The largest absolute Gasteiger partial charge is 0.340 e. The van der Waals surface area contributed by atoms with E-state index < -0.39 is 0 Å². The zero-order valence-electron chi connectivity index (χ0n) is 13.9. The molecule has 0 saturated carbocycles. The predicted octanol–water partition coefficient (Wildman–Crippen LogP) is 1.49. The molecule has 0 unspecified atom stereocenters. The van der Waals surface area contributed by atoms with Crippen molar-refractivity contribution in [1.29, 1.82) is 0 Å². The van der Waals surface area contributed by atoms with Crippen LogP contribution in [0.1, 0.15) is 23.9 Å². The Morgan fingerprint density at radius 1 is 1.33 bits per heavy atom. The number of hydrogen-bond acceptors (Lipinski definition) is 4. The van der Waals surface area contributed by atoms with Crippen LogP contribution in [0.5, 0.6) is 0 Å².